The van der Waals surface area contributed by atoms with E-state index in [1.54, 1.807) is 30.7 Å². The van der Waals surface area contributed by atoms with E-state index in [1.165, 1.54) is 12.8 Å². The van der Waals surface area contributed by atoms with Crippen LogP contribution in [0.5, 0.6) is 5.75 Å². The lowest BCUT2D eigenvalue weighted by Gasteiger charge is -2.19. The third kappa shape index (κ3) is 19.4. The van der Waals surface area contributed by atoms with Crippen LogP contribution < -0.4 is 4.74 Å². The Kier molecular flexibility index (Phi) is 21.5. The Morgan fingerprint density at radius 2 is 1.18 bits per heavy atom. The number of hydrogen-bond acceptors (Lipinski definition) is 9. The monoisotopic (exact) mass is 770 g/mol. The summed E-state index contributed by atoms with van der Waals surface area (Å²) >= 11 is 0. The van der Waals surface area contributed by atoms with Gasteiger partial charge in [-0.05, 0) is 91.6 Å². The summed E-state index contributed by atoms with van der Waals surface area (Å²) in [5, 5.41) is 1.90. The van der Waals surface area contributed by atoms with Crippen molar-refractivity contribution in [2.45, 2.75) is 135 Å². The van der Waals surface area contributed by atoms with Crippen molar-refractivity contribution in [2.75, 3.05) is 19.8 Å². The van der Waals surface area contributed by atoms with Gasteiger partial charge in [-0.3, -0.25) is 4.79 Å². The Labute approximate surface area is 333 Å². The topological polar surface area (TPSA) is 107 Å². The van der Waals surface area contributed by atoms with Gasteiger partial charge in [0.15, 0.2) is 18.4 Å². The normalized spacial score (nSPS) is 16.6. The van der Waals surface area contributed by atoms with Crippen molar-refractivity contribution >= 4 is 28.5 Å². The maximum absolute atomic E-state index is 12.4. The van der Waals surface area contributed by atoms with E-state index in [0.717, 1.165) is 137 Å². The fourth-order valence-corrected chi connectivity index (χ4v) is 6.46. The van der Waals surface area contributed by atoms with Crippen LogP contribution in [0.15, 0.2) is 97.5 Å². The molecule has 2 heterocycles. The van der Waals surface area contributed by atoms with Crippen molar-refractivity contribution in [3.63, 3.8) is 0 Å². The molecule has 0 bridgehead atoms. The number of carbonyl (C=O) groups is 3. The average Bonchev–Trinajstić information content (AvgIpc) is 3.21. The first-order valence-electron chi connectivity index (χ1n) is 20.8. The zero-order chi connectivity index (χ0) is 39.5. The predicted molar refractivity (Wildman–Crippen MR) is 220 cm³/mol. The van der Waals surface area contributed by atoms with Gasteiger partial charge in [-0.2, -0.15) is 0 Å². The van der Waals surface area contributed by atoms with Crippen molar-refractivity contribution in [1.82, 2.24) is 0 Å². The van der Waals surface area contributed by atoms with Crippen LogP contribution in [0, 0.1) is 0 Å². The molecule has 9 heteroatoms. The molecule has 2 atom stereocenters. The van der Waals surface area contributed by atoms with Gasteiger partial charge in [-0.1, -0.05) is 100 Å². The number of ether oxygens (including phenoxy) is 6. The highest BCUT2D eigenvalue weighted by atomic mass is 16.7. The highest BCUT2D eigenvalue weighted by molar-refractivity contribution is 5.93. The van der Waals surface area contributed by atoms with Gasteiger partial charge in [0.1, 0.15) is 5.75 Å². The molecule has 0 spiro atoms. The van der Waals surface area contributed by atoms with Crippen LogP contribution in [-0.4, -0.2) is 50.1 Å². The zero-order valence-corrected chi connectivity index (χ0v) is 33.2. The molecule has 2 aliphatic rings. The highest BCUT2D eigenvalue weighted by Gasteiger charge is 2.11. The summed E-state index contributed by atoms with van der Waals surface area (Å²) in [4.78, 5) is 36.8. The molecule has 0 saturated carbocycles. The summed E-state index contributed by atoms with van der Waals surface area (Å²) in [7, 11) is 0. The molecule has 9 nitrogen and oxygen atoms in total. The van der Waals surface area contributed by atoms with Crippen LogP contribution in [0.1, 0.15) is 121 Å². The molecule has 2 aliphatic heterocycles. The van der Waals surface area contributed by atoms with Crippen LogP contribution in [0.4, 0.5) is 0 Å². The van der Waals surface area contributed by atoms with Crippen molar-refractivity contribution in [2.24, 2.45) is 0 Å². The smallest absolute Gasteiger partial charge is 0.336 e. The van der Waals surface area contributed by atoms with Crippen molar-refractivity contribution < 1.29 is 42.8 Å². The van der Waals surface area contributed by atoms with E-state index < -0.39 is 11.9 Å². The molecular weight excluding hydrogens is 709 g/mol. The van der Waals surface area contributed by atoms with E-state index in [1.807, 2.05) is 36.4 Å². The van der Waals surface area contributed by atoms with Gasteiger partial charge in [-0.25, -0.2) is 9.59 Å². The fourth-order valence-electron chi connectivity index (χ4n) is 6.46. The SMILES string of the molecule is C=C(/C=C/C(=O)CCCCCCCCCOC1CCC=CO1)Cc1ccc2cc(OC(=O)/C=C/C(=O)OCCCCCCCCOC3CCC=CO3)ccc2c1. The third-order valence-corrected chi connectivity index (χ3v) is 9.64. The lowest BCUT2D eigenvalue weighted by atomic mass is 10.0. The summed E-state index contributed by atoms with van der Waals surface area (Å²) < 4.78 is 32.9. The molecule has 304 valence electrons. The first-order valence-corrected chi connectivity index (χ1v) is 20.8. The number of rotatable bonds is 28. The van der Waals surface area contributed by atoms with Crippen LogP contribution in [0.3, 0.4) is 0 Å². The highest BCUT2D eigenvalue weighted by Crippen LogP contribution is 2.24. The second-order valence-corrected chi connectivity index (χ2v) is 14.5. The van der Waals surface area contributed by atoms with Crippen molar-refractivity contribution in [1.29, 1.82) is 0 Å². The summed E-state index contributed by atoms with van der Waals surface area (Å²) in [6, 6.07) is 11.4. The molecule has 0 aliphatic carbocycles. The van der Waals surface area contributed by atoms with Gasteiger partial charge in [0, 0.05) is 31.4 Å². The second-order valence-electron chi connectivity index (χ2n) is 14.5. The molecule has 0 amide bonds. The molecular formula is C47H62O9. The van der Waals surface area contributed by atoms with Crippen molar-refractivity contribution in [3.05, 3.63) is 103 Å². The first-order chi connectivity index (χ1) is 27.4. The number of esters is 2. The van der Waals surface area contributed by atoms with E-state index in [2.05, 4.69) is 12.6 Å². The van der Waals surface area contributed by atoms with Gasteiger partial charge < -0.3 is 28.4 Å². The molecule has 0 fully saturated rings. The quantitative estimate of drug-likeness (QED) is 0.0275. The average molecular weight is 771 g/mol. The predicted octanol–water partition coefficient (Wildman–Crippen LogP) is 10.9. The van der Waals surface area contributed by atoms with E-state index in [-0.39, 0.29) is 18.4 Å². The molecule has 0 N–H and O–H groups in total. The Balaban J connectivity index is 1.01. The lowest BCUT2D eigenvalue weighted by Crippen LogP contribution is -2.17. The standard InChI is InChI=1S/C47H62O9/c1-38(22-26-42(48)19-11-7-3-2-4-9-15-31-52-46-20-12-17-33-54-46)35-39-23-24-41-37-43(27-25-40(41)36-39)56-45(50)29-28-44(49)51-30-14-8-5-6-10-16-32-53-47-21-13-18-34-55-47/h17-18,22-29,33-34,36-37,46-47H,1-16,19-21,30-32,35H2/b26-22+,29-28+. The number of hydrogen-bond donors (Lipinski definition) is 0. The summed E-state index contributed by atoms with van der Waals surface area (Å²) in [6.07, 6.45) is 31.8. The molecule has 56 heavy (non-hydrogen) atoms. The number of benzene rings is 2. The Morgan fingerprint density at radius 3 is 1.80 bits per heavy atom. The number of unbranched alkanes of at least 4 members (excludes halogenated alkanes) is 11. The number of carbonyl (C=O) groups excluding carboxylic acids is 3. The fraction of sp³-hybridized carbons (Fsp3) is 0.511. The first kappa shape index (κ1) is 44.2. The maximum Gasteiger partial charge on any atom is 0.336 e. The molecule has 2 aromatic rings. The summed E-state index contributed by atoms with van der Waals surface area (Å²) in [5.41, 5.74) is 1.93. The Hall–Kier alpha value is -4.47. The Morgan fingerprint density at radius 1 is 0.625 bits per heavy atom. The van der Waals surface area contributed by atoms with Crippen LogP contribution in [-0.2, 0) is 44.5 Å². The summed E-state index contributed by atoms with van der Waals surface area (Å²) in [6.45, 7) is 5.92. The van der Waals surface area contributed by atoms with E-state index in [9.17, 15) is 14.4 Å². The minimum absolute atomic E-state index is 0.0749. The van der Waals surface area contributed by atoms with Crippen LogP contribution in [0.25, 0.3) is 10.8 Å². The summed E-state index contributed by atoms with van der Waals surface area (Å²) in [5.74, 6) is -0.699. The Bertz CT molecular complexity index is 1500. The number of ketones is 1. The second kappa shape index (κ2) is 27.2. The van der Waals surface area contributed by atoms with Crippen LogP contribution >= 0.6 is 0 Å². The molecule has 2 unspecified atom stereocenters. The zero-order valence-electron chi connectivity index (χ0n) is 33.2. The minimum atomic E-state index is -0.651. The van der Waals surface area contributed by atoms with Gasteiger partial charge >= 0.3 is 11.9 Å². The van der Waals surface area contributed by atoms with E-state index >= 15 is 0 Å². The number of allylic oxidation sites excluding steroid dienone is 5. The largest absolute Gasteiger partial charge is 0.473 e. The number of fused-ring (bicyclic) bond motifs is 1. The molecule has 0 radical (unpaired) electrons. The van der Waals surface area contributed by atoms with Gasteiger partial charge in [0.25, 0.3) is 0 Å². The van der Waals surface area contributed by atoms with E-state index in [0.29, 0.717) is 31.8 Å². The maximum atomic E-state index is 12.4. The van der Waals surface area contributed by atoms with E-state index in [4.69, 9.17) is 28.4 Å². The van der Waals surface area contributed by atoms with Gasteiger partial charge in [-0.15, -0.1) is 0 Å². The minimum Gasteiger partial charge on any atom is -0.473 e. The van der Waals surface area contributed by atoms with Gasteiger partial charge in [0.2, 0.25) is 0 Å². The molecule has 2 aromatic carbocycles. The van der Waals surface area contributed by atoms with Gasteiger partial charge in [0.05, 0.1) is 32.3 Å². The molecule has 0 aromatic heterocycles. The molecule has 4 rings (SSSR count). The molecule has 0 saturated heterocycles. The van der Waals surface area contributed by atoms with Crippen molar-refractivity contribution in [3.8, 4) is 5.75 Å². The third-order valence-electron chi connectivity index (χ3n) is 9.64. The van der Waals surface area contributed by atoms with Crippen LogP contribution in [0.2, 0.25) is 0 Å². The lowest BCUT2D eigenvalue weighted by molar-refractivity contribution is -0.138.